The number of rotatable bonds is 5. The van der Waals surface area contributed by atoms with Gasteiger partial charge in [-0.3, -0.25) is 0 Å². The number of aryl methyl sites for hydroxylation is 1. The van der Waals surface area contributed by atoms with Crippen LogP contribution in [0.1, 0.15) is 44.4 Å². The molecule has 0 saturated heterocycles. The summed E-state index contributed by atoms with van der Waals surface area (Å²) in [7, 11) is 0. The highest BCUT2D eigenvalue weighted by Crippen LogP contribution is 2.47. The fourth-order valence-electron chi connectivity index (χ4n) is 9.63. The first kappa shape index (κ1) is 34.7. The number of hydrogen-bond donors (Lipinski definition) is 0. The summed E-state index contributed by atoms with van der Waals surface area (Å²) in [6.07, 6.45) is 3.40. The van der Waals surface area contributed by atoms with Crippen LogP contribution in [-0.4, -0.2) is 0 Å². The van der Waals surface area contributed by atoms with Crippen molar-refractivity contribution in [3.05, 3.63) is 193 Å². The molecule has 0 aliphatic heterocycles. The van der Waals surface area contributed by atoms with E-state index in [1.807, 2.05) is 13.8 Å². The number of fused-ring (bicyclic) bond motifs is 5. The third-order valence-corrected chi connectivity index (χ3v) is 12.1. The zero-order valence-corrected chi connectivity index (χ0v) is 33.0. The molecule has 0 saturated carbocycles. The molecule has 0 aliphatic rings. The van der Waals surface area contributed by atoms with Gasteiger partial charge in [-0.05, 0) is 145 Å². The highest BCUT2D eigenvalue weighted by atomic mass is 14.2. The van der Waals surface area contributed by atoms with Crippen LogP contribution in [0.3, 0.4) is 0 Å². The second-order valence-electron chi connectivity index (χ2n) is 15.1. The van der Waals surface area contributed by atoms with E-state index in [0.717, 1.165) is 6.42 Å². The van der Waals surface area contributed by atoms with Crippen molar-refractivity contribution in [2.24, 2.45) is 0 Å². The van der Waals surface area contributed by atoms with Crippen LogP contribution in [0.25, 0.3) is 109 Å². The van der Waals surface area contributed by atoms with Gasteiger partial charge in [0.05, 0.1) is 0 Å². The summed E-state index contributed by atoms with van der Waals surface area (Å²) in [6, 6.07) is 65.8. The molecule has 0 atom stereocenters. The van der Waals surface area contributed by atoms with Gasteiger partial charge < -0.3 is 0 Å². The van der Waals surface area contributed by atoms with Crippen molar-refractivity contribution in [2.75, 3.05) is 0 Å². The molecule has 0 unspecified atom stereocenters. The molecular weight excluding hydrogens is 685 g/mol. The van der Waals surface area contributed by atoms with Crippen molar-refractivity contribution >= 4 is 87.1 Å². The molecule has 0 bridgehead atoms. The van der Waals surface area contributed by atoms with Gasteiger partial charge in [-0.15, -0.1) is 0 Å². The normalized spacial score (nSPS) is 12.0. The van der Waals surface area contributed by atoms with Crippen molar-refractivity contribution < 1.29 is 0 Å². The maximum atomic E-state index is 2.48. The lowest BCUT2D eigenvalue weighted by Gasteiger charge is -2.20. The number of allylic oxidation sites excluding steroid dienone is 1. The van der Waals surface area contributed by atoms with Gasteiger partial charge >= 0.3 is 0 Å². The zero-order chi connectivity index (χ0) is 38.6. The molecule has 0 heteroatoms. The minimum atomic E-state index is 1.00. The fourth-order valence-corrected chi connectivity index (χ4v) is 9.63. The highest BCUT2D eigenvalue weighted by molar-refractivity contribution is 6.34. The quantitative estimate of drug-likeness (QED) is 0.0940. The second-order valence-corrected chi connectivity index (χ2v) is 15.1. The lowest BCUT2D eigenvalue weighted by atomic mass is 9.83. The summed E-state index contributed by atoms with van der Waals surface area (Å²) in [5, 5.41) is 18.2. The van der Waals surface area contributed by atoms with Crippen LogP contribution in [0.4, 0.5) is 0 Å². The third kappa shape index (κ3) is 5.51. The standard InChI is InChI=1S/C55H38.C2H6/c1-3-35-13-4-6-15-38(35)31-34(2)52-44-19-8-9-20-45(44)54(41-26-25-36-14-5-7-16-39(36)32-41)51-33-40(27-28-50(51)52)42-29-30-49-47-22-11-18-37-17-10-21-46(53(37)47)48-24-12-23-43(42)55(48)49;1-2/h4-33H,3H2,1-2H3;1-2H3/b34-31+;. The van der Waals surface area contributed by atoms with E-state index in [0.29, 0.717) is 0 Å². The Kier molecular flexibility index (Phi) is 8.57. The summed E-state index contributed by atoms with van der Waals surface area (Å²) in [4.78, 5) is 0. The number of benzene rings is 11. The van der Waals surface area contributed by atoms with Crippen LogP contribution in [-0.2, 0) is 6.42 Å². The maximum Gasteiger partial charge on any atom is -0.00201 e. The van der Waals surface area contributed by atoms with E-state index < -0.39 is 0 Å². The van der Waals surface area contributed by atoms with Crippen molar-refractivity contribution in [1.29, 1.82) is 0 Å². The Hall–Kier alpha value is -6.76. The first-order valence-electron chi connectivity index (χ1n) is 20.5. The molecule has 0 fully saturated rings. The van der Waals surface area contributed by atoms with E-state index in [9.17, 15) is 0 Å². The van der Waals surface area contributed by atoms with Crippen LogP contribution < -0.4 is 0 Å². The average molecular weight is 729 g/mol. The summed E-state index contributed by atoms with van der Waals surface area (Å²) >= 11 is 0. The van der Waals surface area contributed by atoms with Crippen molar-refractivity contribution in [3.8, 4) is 22.3 Å². The zero-order valence-electron chi connectivity index (χ0n) is 33.0. The minimum Gasteiger partial charge on any atom is -0.0683 e. The Morgan fingerprint density at radius 2 is 0.982 bits per heavy atom. The van der Waals surface area contributed by atoms with E-state index in [-0.39, 0.29) is 0 Å². The fraction of sp³-hybridized carbons (Fsp3) is 0.0877. The molecule has 0 spiro atoms. The number of hydrogen-bond acceptors (Lipinski definition) is 0. The smallest absolute Gasteiger partial charge is 0.00201 e. The summed E-state index contributed by atoms with van der Waals surface area (Å²) in [5.41, 5.74) is 10.2. The Balaban J connectivity index is 0.00000195. The van der Waals surface area contributed by atoms with Gasteiger partial charge in [0.15, 0.2) is 0 Å². The molecule has 272 valence electrons. The van der Waals surface area contributed by atoms with Crippen LogP contribution in [0.15, 0.2) is 176 Å². The molecule has 11 rings (SSSR count). The predicted octanol–water partition coefficient (Wildman–Crippen LogP) is 16.7. The van der Waals surface area contributed by atoms with Crippen molar-refractivity contribution in [3.63, 3.8) is 0 Å². The lowest BCUT2D eigenvalue weighted by Crippen LogP contribution is -1.94. The average Bonchev–Trinajstić information content (AvgIpc) is 3.27. The Morgan fingerprint density at radius 1 is 0.421 bits per heavy atom. The van der Waals surface area contributed by atoms with Crippen LogP contribution in [0, 0.1) is 0 Å². The molecular formula is C57H44. The minimum absolute atomic E-state index is 1.00. The molecule has 11 aromatic carbocycles. The SMILES string of the molecule is CC.CCc1ccccc1/C=C(\C)c1c2ccccc2c(-c2ccc3ccccc3c2)c2cc(-c3ccc4c5cccc6cccc(c7cccc3c74)c65)ccc12. The largest absolute Gasteiger partial charge is 0.0683 e. The van der Waals surface area contributed by atoms with Crippen LogP contribution in [0.5, 0.6) is 0 Å². The molecule has 0 aliphatic carbocycles. The van der Waals surface area contributed by atoms with E-state index in [1.54, 1.807) is 0 Å². The van der Waals surface area contributed by atoms with Crippen LogP contribution in [0.2, 0.25) is 0 Å². The third-order valence-electron chi connectivity index (χ3n) is 12.1. The molecule has 0 amide bonds. The van der Waals surface area contributed by atoms with Crippen molar-refractivity contribution in [2.45, 2.75) is 34.1 Å². The first-order chi connectivity index (χ1) is 28.2. The summed E-state index contributed by atoms with van der Waals surface area (Å²) in [6.45, 7) is 8.54. The lowest BCUT2D eigenvalue weighted by molar-refractivity contribution is 1.13. The Morgan fingerprint density at radius 3 is 1.77 bits per heavy atom. The second kappa shape index (κ2) is 14.1. The highest BCUT2D eigenvalue weighted by Gasteiger charge is 2.20. The predicted molar refractivity (Wildman–Crippen MR) is 252 cm³/mol. The molecule has 11 aromatic rings. The van der Waals surface area contributed by atoms with Crippen LogP contribution >= 0.6 is 0 Å². The molecule has 0 aromatic heterocycles. The van der Waals surface area contributed by atoms with Gasteiger partial charge in [0.1, 0.15) is 0 Å². The Bertz CT molecular complexity index is 3310. The van der Waals surface area contributed by atoms with Crippen molar-refractivity contribution in [1.82, 2.24) is 0 Å². The van der Waals surface area contributed by atoms with E-state index >= 15 is 0 Å². The van der Waals surface area contributed by atoms with Gasteiger partial charge in [0, 0.05) is 0 Å². The van der Waals surface area contributed by atoms with Gasteiger partial charge in [-0.2, -0.15) is 0 Å². The molecule has 0 heterocycles. The topological polar surface area (TPSA) is 0 Å². The van der Waals surface area contributed by atoms with E-state index in [2.05, 4.69) is 196 Å². The van der Waals surface area contributed by atoms with Gasteiger partial charge in [0.2, 0.25) is 0 Å². The molecule has 0 nitrogen and oxygen atoms in total. The monoisotopic (exact) mass is 728 g/mol. The van der Waals surface area contributed by atoms with E-state index in [1.165, 1.54) is 120 Å². The summed E-state index contributed by atoms with van der Waals surface area (Å²) in [5.74, 6) is 0. The summed E-state index contributed by atoms with van der Waals surface area (Å²) < 4.78 is 0. The van der Waals surface area contributed by atoms with Gasteiger partial charge in [-0.1, -0.05) is 191 Å². The molecule has 57 heavy (non-hydrogen) atoms. The Labute approximate surface area is 334 Å². The molecule has 0 radical (unpaired) electrons. The van der Waals surface area contributed by atoms with Gasteiger partial charge in [0.25, 0.3) is 0 Å². The van der Waals surface area contributed by atoms with Gasteiger partial charge in [-0.25, -0.2) is 0 Å². The molecule has 0 N–H and O–H groups in total. The first-order valence-corrected chi connectivity index (χ1v) is 20.5. The van der Waals surface area contributed by atoms with E-state index in [4.69, 9.17) is 0 Å². The maximum absolute atomic E-state index is 2.48.